The molecule has 0 aliphatic rings. The smallest absolute Gasteiger partial charge is 0.123 e. The molecule has 106 valence electrons. The normalized spacial score (nSPS) is 10.8. The minimum absolute atomic E-state index is 0.184. The average Bonchev–Trinajstić information content (AvgIpc) is 2.43. The van der Waals surface area contributed by atoms with Crippen molar-refractivity contribution in [1.29, 1.82) is 0 Å². The lowest BCUT2D eigenvalue weighted by Gasteiger charge is -2.11. The van der Waals surface area contributed by atoms with Gasteiger partial charge in [0.2, 0.25) is 0 Å². The molecule has 0 aliphatic heterocycles. The number of ether oxygens (including phenoxy) is 1. The third-order valence-electron chi connectivity index (χ3n) is 3.35. The predicted molar refractivity (Wildman–Crippen MR) is 78.8 cm³/mol. The summed E-state index contributed by atoms with van der Waals surface area (Å²) in [6, 6.07) is 13.1. The molecule has 2 rings (SSSR count). The first-order valence-corrected chi connectivity index (χ1v) is 6.72. The predicted octanol–water partition coefficient (Wildman–Crippen LogP) is 3.57. The first-order valence-electron chi connectivity index (χ1n) is 6.72. The molecule has 0 spiro atoms. The van der Waals surface area contributed by atoms with Crippen LogP contribution in [0, 0.1) is 12.7 Å². The van der Waals surface area contributed by atoms with E-state index in [0.717, 1.165) is 24.2 Å². The van der Waals surface area contributed by atoms with Crippen LogP contribution < -0.4 is 5.32 Å². The lowest BCUT2D eigenvalue weighted by molar-refractivity contribution is 0.184. The second-order valence-electron chi connectivity index (χ2n) is 4.88. The van der Waals surface area contributed by atoms with E-state index in [4.69, 9.17) is 4.74 Å². The van der Waals surface area contributed by atoms with Crippen molar-refractivity contribution < 1.29 is 9.13 Å². The summed E-state index contributed by atoms with van der Waals surface area (Å²) in [6.07, 6.45) is 0. The fraction of sp³-hybridized carbons (Fsp3) is 0.294. The Hall–Kier alpha value is -1.71. The van der Waals surface area contributed by atoms with Gasteiger partial charge < -0.3 is 10.1 Å². The van der Waals surface area contributed by atoms with Crippen molar-refractivity contribution >= 4 is 0 Å². The van der Waals surface area contributed by atoms with Crippen LogP contribution in [0.4, 0.5) is 4.39 Å². The molecule has 2 nitrogen and oxygen atoms in total. The Morgan fingerprint density at radius 2 is 1.70 bits per heavy atom. The van der Waals surface area contributed by atoms with E-state index in [1.807, 2.05) is 25.1 Å². The highest BCUT2D eigenvalue weighted by Crippen LogP contribution is 2.12. The second-order valence-corrected chi connectivity index (χ2v) is 4.88. The van der Waals surface area contributed by atoms with Crippen LogP contribution in [0.5, 0.6) is 0 Å². The number of hydrogen-bond acceptors (Lipinski definition) is 2. The molecule has 0 bridgehead atoms. The summed E-state index contributed by atoms with van der Waals surface area (Å²) < 4.78 is 18.2. The monoisotopic (exact) mass is 273 g/mol. The highest BCUT2D eigenvalue weighted by molar-refractivity contribution is 5.28. The van der Waals surface area contributed by atoms with E-state index in [-0.39, 0.29) is 5.82 Å². The van der Waals surface area contributed by atoms with Crippen molar-refractivity contribution in [2.45, 2.75) is 26.6 Å². The Balaban J connectivity index is 1.96. The highest BCUT2D eigenvalue weighted by Gasteiger charge is 2.03. The number of hydrogen-bond donors (Lipinski definition) is 1. The van der Waals surface area contributed by atoms with E-state index in [2.05, 4.69) is 17.4 Å². The number of nitrogens with one attached hydrogen (secondary N) is 1. The summed E-state index contributed by atoms with van der Waals surface area (Å²) in [4.78, 5) is 0. The van der Waals surface area contributed by atoms with Crippen molar-refractivity contribution in [2.24, 2.45) is 0 Å². The van der Waals surface area contributed by atoms with Crippen LogP contribution in [0.25, 0.3) is 0 Å². The van der Waals surface area contributed by atoms with Crippen LogP contribution in [0.3, 0.4) is 0 Å². The van der Waals surface area contributed by atoms with Gasteiger partial charge in [0.15, 0.2) is 0 Å². The SMILES string of the molecule is COCc1ccccc1CNCc1ccc(F)cc1C. The number of rotatable bonds is 6. The maximum absolute atomic E-state index is 13.0. The van der Waals surface area contributed by atoms with E-state index in [9.17, 15) is 4.39 Å². The molecule has 2 aromatic carbocycles. The molecule has 0 radical (unpaired) electrons. The van der Waals surface area contributed by atoms with Crippen LogP contribution in [-0.2, 0) is 24.4 Å². The molecule has 3 heteroatoms. The lowest BCUT2D eigenvalue weighted by Crippen LogP contribution is -2.15. The van der Waals surface area contributed by atoms with Gasteiger partial charge in [-0.1, -0.05) is 30.3 Å². The largest absolute Gasteiger partial charge is 0.380 e. The van der Waals surface area contributed by atoms with Gasteiger partial charge in [-0.15, -0.1) is 0 Å². The fourth-order valence-electron chi connectivity index (χ4n) is 2.22. The Labute approximate surface area is 119 Å². The van der Waals surface area contributed by atoms with Crippen LogP contribution in [0.15, 0.2) is 42.5 Å². The molecule has 0 saturated heterocycles. The Morgan fingerprint density at radius 3 is 2.40 bits per heavy atom. The maximum Gasteiger partial charge on any atom is 0.123 e. The van der Waals surface area contributed by atoms with Crippen LogP contribution in [0.1, 0.15) is 22.3 Å². The number of benzene rings is 2. The molecular formula is C17H20FNO. The van der Waals surface area contributed by atoms with E-state index >= 15 is 0 Å². The van der Waals surface area contributed by atoms with Crippen molar-refractivity contribution in [2.75, 3.05) is 7.11 Å². The summed E-state index contributed by atoms with van der Waals surface area (Å²) in [5, 5.41) is 3.40. The summed E-state index contributed by atoms with van der Waals surface area (Å²) in [5.74, 6) is -0.184. The van der Waals surface area contributed by atoms with E-state index < -0.39 is 0 Å². The zero-order valence-electron chi connectivity index (χ0n) is 11.9. The van der Waals surface area contributed by atoms with Gasteiger partial charge in [0.05, 0.1) is 6.61 Å². The van der Waals surface area contributed by atoms with Gasteiger partial charge in [-0.2, -0.15) is 0 Å². The molecule has 0 unspecified atom stereocenters. The van der Waals surface area contributed by atoms with E-state index in [1.165, 1.54) is 17.2 Å². The van der Waals surface area contributed by atoms with E-state index in [1.54, 1.807) is 13.2 Å². The molecule has 0 aliphatic carbocycles. The zero-order valence-corrected chi connectivity index (χ0v) is 11.9. The van der Waals surface area contributed by atoms with Crippen LogP contribution in [-0.4, -0.2) is 7.11 Å². The molecule has 0 atom stereocenters. The topological polar surface area (TPSA) is 21.3 Å². The number of methoxy groups -OCH3 is 1. The standard InChI is InChI=1S/C17H20FNO/c1-13-9-17(18)8-7-14(13)10-19-11-15-5-3-4-6-16(15)12-20-2/h3-9,19H,10-12H2,1-2H3. The molecule has 20 heavy (non-hydrogen) atoms. The molecule has 0 amide bonds. The van der Waals surface area contributed by atoms with Crippen LogP contribution in [0.2, 0.25) is 0 Å². The third kappa shape index (κ3) is 3.89. The minimum Gasteiger partial charge on any atom is -0.380 e. The maximum atomic E-state index is 13.0. The number of aryl methyl sites for hydroxylation is 1. The lowest BCUT2D eigenvalue weighted by atomic mass is 10.1. The summed E-state index contributed by atoms with van der Waals surface area (Å²) in [7, 11) is 1.70. The Kier molecular flexibility index (Phi) is 5.27. The molecule has 0 aromatic heterocycles. The van der Waals surface area contributed by atoms with Gasteiger partial charge in [0, 0.05) is 20.2 Å². The molecular weight excluding hydrogens is 253 g/mol. The van der Waals surface area contributed by atoms with Gasteiger partial charge in [-0.05, 0) is 41.3 Å². The summed E-state index contributed by atoms with van der Waals surface area (Å²) in [5.41, 5.74) is 4.52. The van der Waals surface area contributed by atoms with Crippen LogP contribution >= 0.6 is 0 Å². The zero-order chi connectivity index (χ0) is 14.4. The first-order chi connectivity index (χ1) is 9.70. The first kappa shape index (κ1) is 14.7. The van der Waals surface area contributed by atoms with Gasteiger partial charge >= 0.3 is 0 Å². The average molecular weight is 273 g/mol. The van der Waals surface area contributed by atoms with Crippen molar-refractivity contribution in [3.8, 4) is 0 Å². The molecule has 0 fully saturated rings. The third-order valence-corrected chi connectivity index (χ3v) is 3.35. The van der Waals surface area contributed by atoms with Crippen molar-refractivity contribution in [3.63, 3.8) is 0 Å². The van der Waals surface area contributed by atoms with Gasteiger partial charge in [-0.3, -0.25) is 0 Å². The van der Waals surface area contributed by atoms with Gasteiger partial charge in [-0.25, -0.2) is 4.39 Å². The van der Waals surface area contributed by atoms with Crippen molar-refractivity contribution in [3.05, 3.63) is 70.5 Å². The van der Waals surface area contributed by atoms with Gasteiger partial charge in [0.1, 0.15) is 5.82 Å². The highest BCUT2D eigenvalue weighted by atomic mass is 19.1. The van der Waals surface area contributed by atoms with E-state index in [0.29, 0.717) is 6.61 Å². The minimum atomic E-state index is -0.184. The molecule has 0 heterocycles. The Bertz CT molecular complexity index is 569. The summed E-state index contributed by atoms with van der Waals surface area (Å²) in [6.45, 7) is 4.05. The number of halogens is 1. The van der Waals surface area contributed by atoms with Gasteiger partial charge in [0.25, 0.3) is 0 Å². The summed E-state index contributed by atoms with van der Waals surface area (Å²) >= 11 is 0. The molecule has 1 N–H and O–H groups in total. The molecule has 0 saturated carbocycles. The fourth-order valence-corrected chi connectivity index (χ4v) is 2.22. The Morgan fingerprint density at radius 1 is 1.00 bits per heavy atom. The molecule has 2 aromatic rings. The van der Waals surface area contributed by atoms with Crippen molar-refractivity contribution in [1.82, 2.24) is 5.32 Å². The quantitative estimate of drug-likeness (QED) is 0.868. The second kappa shape index (κ2) is 7.17.